The lowest BCUT2D eigenvalue weighted by molar-refractivity contribution is -0.117. The fourth-order valence-electron chi connectivity index (χ4n) is 4.00. The number of ketones is 1. The van der Waals surface area contributed by atoms with Crippen LogP contribution in [0.25, 0.3) is 0 Å². The number of Topliss-reactive ketones (excluding diaryl/α,β-unsaturated/α-hetero) is 1. The predicted molar refractivity (Wildman–Crippen MR) is 129 cm³/mol. The highest BCUT2D eigenvalue weighted by molar-refractivity contribution is 7.12. The Balaban J connectivity index is 1.88. The van der Waals surface area contributed by atoms with Crippen LogP contribution >= 0.6 is 11.3 Å². The number of nitrogens with zero attached hydrogens (tertiary/aromatic N) is 1. The Morgan fingerprint density at radius 2 is 1.73 bits per heavy atom. The smallest absolute Gasteiger partial charge is 0.294 e. The van der Waals surface area contributed by atoms with Crippen molar-refractivity contribution in [2.24, 2.45) is 0 Å². The third-order valence-electron chi connectivity index (χ3n) is 5.76. The number of aliphatic hydroxyl groups is 1. The molecule has 4 rings (SSSR count). The van der Waals surface area contributed by atoms with Crippen molar-refractivity contribution < 1.29 is 24.2 Å². The van der Waals surface area contributed by atoms with Gasteiger partial charge in [0.15, 0.2) is 17.3 Å². The zero-order valence-electron chi connectivity index (χ0n) is 18.9. The number of anilines is 1. The summed E-state index contributed by atoms with van der Waals surface area (Å²) in [5.74, 6) is -0.216. The standard InChI is InChI=1S/C26H25NO5S/c1-15(2)16-7-10-18(11-8-16)27-23(17-9-12-19(31-3)20(14-17)32-4)22(25(29)26(27)30)24(28)21-6-5-13-33-21/h5-15,23,29H,1-4H3. The number of ether oxygens (including phenoxy) is 2. The summed E-state index contributed by atoms with van der Waals surface area (Å²) >= 11 is 1.26. The molecule has 0 aliphatic carbocycles. The Labute approximate surface area is 196 Å². The van der Waals surface area contributed by atoms with Crippen LogP contribution in [0, 0.1) is 0 Å². The van der Waals surface area contributed by atoms with Crippen molar-refractivity contribution in [1.29, 1.82) is 0 Å². The molecule has 1 unspecified atom stereocenters. The summed E-state index contributed by atoms with van der Waals surface area (Å²) in [6, 6.07) is 15.4. The lowest BCUT2D eigenvalue weighted by atomic mass is 9.94. The van der Waals surface area contributed by atoms with Crippen molar-refractivity contribution in [2.45, 2.75) is 25.8 Å². The number of hydrogen-bond donors (Lipinski definition) is 1. The van der Waals surface area contributed by atoms with Crippen molar-refractivity contribution in [2.75, 3.05) is 19.1 Å². The lowest BCUT2D eigenvalue weighted by Gasteiger charge is -2.27. The number of carbonyl (C=O) groups is 2. The Bertz CT molecular complexity index is 1210. The molecule has 2 aromatic carbocycles. The van der Waals surface area contributed by atoms with Crippen LogP contribution in [0.3, 0.4) is 0 Å². The molecule has 1 aliphatic heterocycles. The first-order valence-corrected chi connectivity index (χ1v) is 11.4. The minimum atomic E-state index is -0.822. The van der Waals surface area contributed by atoms with Gasteiger partial charge in [0.2, 0.25) is 5.78 Å². The fraction of sp³-hybridized carbons (Fsp3) is 0.231. The fourth-order valence-corrected chi connectivity index (χ4v) is 4.68. The number of methoxy groups -OCH3 is 2. The van der Waals surface area contributed by atoms with E-state index in [0.29, 0.717) is 33.5 Å². The molecule has 1 N–H and O–H groups in total. The maximum Gasteiger partial charge on any atom is 0.294 e. The SMILES string of the molecule is COc1ccc(C2C(C(=O)c3cccs3)=C(O)C(=O)N2c2ccc(C(C)C)cc2)cc1OC. The summed E-state index contributed by atoms with van der Waals surface area (Å²) in [7, 11) is 3.06. The second kappa shape index (κ2) is 9.11. The molecule has 33 heavy (non-hydrogen) atoms. The summed E-state index contributed by atoms with van der Waals surface area (Å²) in [5.41, 5.74) is 2.38. The number of carbonyl (C=O) groups excluding carboxylic acids is 2. The van der Waals surface area contributed by atoms with Crippen LogP contribution in [0.1, 0.15) is 46.6 Å². The van der Waals surface area contributed by atoms with Crippen LogP contribution in [0.15, 0.2) is 71.3 Å². The van der Waals surface area contributed by atoms with Gasteiger partial charge in [0.1, 0.15) is 0 Å². The molecule has 0 bridgehead atoms. The average molecular weight is 464 g/mol. The molecule has 0 radical (unpaired) electrons. The molecule has 6 nitrogen and oxygen atoms in total. The highest BCUT2D eigenvalue weighted by atomic mass is 32.1. The zero-order chi connectivity index (χ0) is 23.7. The summed E-state index contributed by atoms with van der Waals surface area (Å²) in [6.45, 7) is 4.18. The molecule has 0 spiro atoms. The Kier molecular flexibility index (Phi) is 6.24. The second-order valence-electron chi connectivity index (χ2n) is 8.01. The number of aliphatic hydroxyl groups excluding tert-OH is 1. The molecule has 7 heteroatoms. The van der Waals surface area contributed by atoms with Crippen LogP contribution in [0.4, 0.5) is 5.69 Å². The van der Waals surface area contributed by atoms with Gasteiger partial charge < -0.3 is 14.6 Å². The van der Waals surface area contributed by atoms with Crippen LogP contribution in [-0.4, -0.2) is 31.0 Å². The lowest BCUT2D eigenvalue weighted by Crippen LogP contribution is -2.31. The molecule has 2 heterocycles. The van der Waals surface area contributed by atoms with E-state index in [0.717, 1.165) is 5.56 Å². The molecule has 0 fully saturated rings. The third kappa shape index (κ3) is 4.00. The van der Waals surface area contributed by atoms with E-state index in [9.17, 15) is 14.7 Å². The molecule has 0 saturated carbocycles. The Morgan fingerprint density at radius 1 is 1.03 bits per heavy atom. The Hall–Kier alpha value is -3.58. The van der Waals surface area contributed by atoms with Gasteiger partial charge >= 0.3 is 0 Å². The first kappa shape index (κ1) is 22.6. The van der Waals surface area contributed by atoms with Crippen LogP contribution in [0.5, 0.6) is 11.5 Å². The van der Waals surface area contributed by atoms with Gasteiger partial charge in [-0.3, -0.25) is 14.5 Å². The Morgan fingerprint density at radius 3 is 2.30 bits per heavy atom. The number of rotatable bonds is 7. The summed E-state index contributed by atoms with van der Waals surface area (Å²) in [6.07, 6.45) is 0. The average Bonchev–Trinajstić information content (AvgIpc) is 3.45. The van der Waals surface area contributed by atoms with Crippen molar-refractivity contribution in [3.8, 4) is 11.5 Å². The minimum Gasteiger partial charge on any atom is -0.503 e. The van der Waals surface area contributed by atoms with E-state index in [-0.39, 0.29) is 11.4 Å². The van der Waals surface area contributed by atoms with Gasteiger partial charge in [0, 0.05) is 5.69 Å². The maximum atomic E-state index is 13.4. The van der Waals surface area contributed by atoms with Crippen molar-refractivity contribution in [1.82, 2.24) is 0 Å². The molecular weight excluding hydrogens is 438 g/mol. The number of hydrogen-bond acceptors (Lipinski definition) is 6. The van der Waals surface area contributed by atoms with Crippen LogP contribution < -0.4 is 14.4 Å². The van der Waals surface area contributed by atoms with Crippen LogP contribution in [0.2, 0.25) is 0 Å². The van der Waals surface area contributed by atoms with Gasteiger partial charge in [-0.25, -0.2) is 0 Å². The summed E-state index contributed by atoms with van der Waals surface area (Å²) in [5, 5.41) is 12.7. The van der Waals surface area contributed by atoms with Gasteiger partial charge in [-0.05, 0) is 52.8 Å². The summed E-state index contributed by atoms with van der Waals surface area (Å²) < 4.78 is 10.8. The van der Waals surface area contributed by atoms with E-state index in [2.05, 4.69) is 13.8 Å². The molecule has 1 amide bonds. The van der Waals surface area contributed by atoms with Crippen molar-refractivity contribution in [3.05, 3.63) is 87.3 Å². The second-order valence-corrected chi connectivity index (χ2v) is 8.95. The number of thiophene rings is 1. The maximum absolute atomic E-state index is 13.4. The molecule has 170 valence electrons. The van der Waals surface area contributed by atoms with E-state index in [4.69, 9.17) is 9.47 Å². The summed E-state index contributed by atoms with van der Waals surface area (Å²) in [4.78, 5) is 28.6. The third-order valence-corrected chi connectivity index (χ3v) is 6.63. The predicted octanol–water partition coefficient (Wildman–Crippen LogP) is 5.67. The van der Waals surface area contributed by atoms with E-state index >= 15 is 0 Å². The topological polar surface area (TPSA) is 76.1 Å². The largest absolute Gasteiger partial charge is 0.503 e. The molecule has 1 aromatic heterocycles. The first-order valence-electron chi connectivity index (χ1n) is 10.5. The van der Waals surface area contributed by atoms with Crippen molar-refractivity contribution in [3.63, 3.8) is 0 Å². The van der Waals surface area contributed by atoms with Gasteiger partial charge in [0.05, 0.1) is 30.7 Å². The van der Waals surface area contributed by atoms with Gasteiger partial charge in [-0.1, -0.05) is 38.1 Å². The quantitative estimate of drug-likeness (QED) is 0.457. The van der Waals surface area contributed by atoms with E-state index in [1.54, 1.807) is 35.7 Å². The van der Waals surface area contributed by atoms with Crippen molar-refractivity contribution >= 4 is 28.7 Å². The first-order chi connectivity index (χ1) is 15.9. The minimum absolute atomic E-state index is 0.0441. The van der Waals surface area contributed by atoms with E-state index < -0.39 is 17.7 Å². The molecule has 3 aromatic rings. The van der Waals surface area contributed by atoms with Gasteiger partial charge in [0.25, 0.3) is 5.91 Å². The molecular formula is C26H25NO5S. The van der Waals surface area contributed by atoms with E-state index in [1.807, 2.05) is 24.3 Å². The number of amides is 1. The number of benzene rings is 2. The van der Waals surface area contributed by atoms with Gasteiger partial charge in [-0.2, -0.15) is 0 Å². The van der Waals surface area contributed by atoms with Crippen LogP contribution in [-0.2, 0) is 4.79 Å². The monoisotopic (exact) mass is 463 g/mol. The highest BCUT2D eigenvalue weighted by Crippen LogP contribution is 2.44. The molecule has 0 saturated heterocycles. The highest BCUT2D eigenvalue weighted by Gasteiger charge is 2.45. The molecule has 1 atom stereocenters. The molecule has 1 aliphatic rings. The normalized spacial score (nSPS) is 16.0. The van der Waals surface area contributed by atoms with Gasteiger partial charge in [-0.15, -0.1) is 11.3 Å². The van der Waals surface area contributed by atoms with E-state index in [1.165, 1.54) is 30.5 Å². The zero-order valence-corrected chi connectivity index (χ0v) is 19.7.